The Morgan fingerprint density at radius 2 is 1.71 bits per heavy atom. The second kappa shape index (κ2) is 6.67. The highest BCUT2D eigenvalue weighted by Crippen LogP contribution is 2.31. The molecule has 0 aromatic heterocycles. The summed E-state index contributed by atoms with van der Waals surface area (Å²) in [4.78, 5) is 42.0. The standard InChI is InChI=1S/C17H12ClNO4S/c1-24-14(10-5-4-6-11(18)9-10)17(22)23-19-15(20)12-7-2-3-8-13(12)16(19)21/h2-9,14H,1H3. The molecule has 0 saturated heterocycles. The normalized spacial score (nSPS) is 14.5. The molecule has 122 valence electrons. The number of hydrogen-bond donors (Lipinski definition) is 0. The summed E-state index contributed by atoms with van der Waals surface area (Å²) in [6, 6.07) is 13.1. The lowest BCUT2D eigenvalue weighted by Gasteiger charge is -2.18. The third-order valence-electron chi connectivity index (χ3n) is 3.54. The molecule has 0 bridgehead atoms. The van der Waals surface area contributed by atoms with Gasteiger partial charge in [0.05, 0.1) is 11.1 Å². The first-order valence-electron chi connectivity index (χ1n) is 7.01. The summed E-state index contributed by atoms with van der Waals surface area (Å²) in [5.74, 6) is -2.00. The Hall–Kier alpha value is -2.31. The van der Waals surface area contributed by atoms with E-state index >= 15 is 0 Å². The second-order valence-corrected chi connectivity index (χ2v) is 6.41. The predicted octanol–water partition coefficient (Wildman–Crippen LogP) is 3.50. The average molecular weight is 362 g/mol. The van der Waals surface area contributed by atoms with Crippen LogP contribution in [0.2, 0.25) is 5.02 Å². The fourth-order valence-electron chi connectivity index (χ4n) is 2.43. The largest absolute Gasteiger partial charge is 0.350 e. The van der Waals surface area contributed by atoms with Crippen LogP contribution in [0.4, 0.5) is 0 Å². The Balaban J connectivity index is 1.82. The van der Waals surface area contributed by atoms with Crippen molar-refractivity contribution < 1.29 is 19.2 Å². The van der Waals surface area contributed by atoms with Crippen LogP contribution in [0, 0.1) is 0 Å². The van der Waals surface area contributed by atoms with Gasteiger partial charge in [-0.2, -0.15) is 0 Å². The third kappa shape index (κ3) is 2.90. The van der Waals surface area contributed by atoms with Crippen molar-refractivity contribution in [3.63, 3.8) is 0 Å². The fraction of sp³-hybridized carbons (Fsp3) is 0.118. The molecule has 1 aliphatic rings. The smallest absolute Gasteiger partial charge is 0.328 e. The Morgan fingerprint density at radius 3 is 2.25 bits per heavy atom. The van der Waals surface area contributed by atoms with Gasteiger partial charge in [0.15, 0.2) is 0 Å². The number of carbonyl (C=O) groups is 3. The lowest BCUT2D eigenvalue weighted by molar-refractivity contribution is -0.167. The van der Waals surface area contributed by atoms with Crippen LogP contribution in [-0.2, 0) is 9.63 Å². The van der Waals surface area contributed by atoms with E-state index in [9.17, 15) is 14.4 Å². The van der Waals surface area contributed by atoms with Crippen molar-refractivity contribution in [3.05, 3.63) is 70.2 Å². The van der Waals surface area contributed by atoms with Crippen LogP contribution in [0.25, 0.3) is 0 Å². The van der Waals surface area contributed by atoms with Gasteiger partial charge in [0.25, 0.3) is 11.8 Å². The van der Waals surface area contributed by atoms with Crippen LogP contribution in [0.15, 0.2) is 48.5 Å². The molecule has 0 saturated carbocycles. The number of thioether (sulfide) groups is 1. The molecule has 1 unspecified atom stereocenters. The third-order valence-corrected chi connectivity index (χ3v) is 4.71. The molecule has 2 aromatic carbocycles. The Morgan fingerprint density at radius 1 is 1.08 bits per heavy atom. The van der Waals surface area contributed by atoms with Gasteiger partial charge < -0.3 is 4.84 Å². The van der Waals surface area contributed by atoms with Crippen molar-refractivity contribution in [2.24, 2.45) is 0 Å². The summed E-state index contributed by atoms with van der Waals surface area (Å²) in [5, 5.41) is 0.300. The summed E-state index contributed by atoms with van der Waals surface area (Å²) in [5.41, 5.74) is 1.08. The maximum absolute atomic E-state index is 12.5. The van der Waals surface area contributed by atoms with Crippen LogP contribution in [-0.4, -0.2) is 29.1 Å². The second-order valence-electron chi connectivity index (χ2n) is 5.03. The highest BCUT2D eigenvalue weighted by molar-refractivity contribution is 7.99. The van der Waals surface area contributed by atoms with Gasteiger partial charge in [-0.25, -0.2) is 4.79 Å². The molecule has 1 atom stereocenters. The number of imide groups is 1. The van der Waals surface area contributed by atoms with Crippen LogP contribution in [0.3, 0.4) is 0 Å². The zero-order valence-electron chi connectivity index (χ0n) is 12.6. The van der Waals surface area contributed by atoms with Gasteiger partial charge in [0, 0.05) is 5.02 Å². The average Bonchev–Trinajstić information content (AvgIpc) is 2.81. The minimum absolute atomic E-state index is 0.221. The van der Waals surface area contributed by atoms with E-state index in [0.717, 1.165) is 0 Å². The van der Waals surface area contributed by atoms with E-state index in [0.29, 0.717) is 15.6 Å². The van der Waals surface area contributed by atoms with Gasteiger partial charge in [-0.3, -0.25) is 9.59 Å². The molecule has 0 radical (unpaired) electrons. The summed E-state index contributed by atoms with van der Waals surface area (Å²) >= 11 is 7.18. The molecule has 2 amide bonds. The van der Waals surface area contributed by atoms with Crippen molar-refractivity contribution in [3.8, 4) is 0 Å². The summed E-state index contributed by atoms with van der Waals surface area (Å²) in [6.07, 6.45) is 1.73. The van der Waals surface area contributed by atoms with Gasteiger partial charge in [-0.15, -0.1) is 11.8 Å². The number of fused-ring (bicyclic) bond motifs is 1. The quantitative estimate of drug-likeness (QED) is 0.780. The number of hydroxylamine groups is 2. The van der Waals surface area contributed by atoms with Crippen molar-refractivity contribution >= 4 is 41.1 Å². The van der Waals surface area contributed by atoms with Crippen LogP contribution in [0.1, 0.15) is 31.5 Å². The molecule has 5 nitrogen and oxygen atoms in total. The van der Waals surface area contributed by atoms with E-state index in [4.69, 9.17) is 16.4 Å². The van der Waals surface area contributed by atoms with E-state index in [2.05, 4.69) is 0 Å². The maximum atomic E-state index is 12.5. The molecule has 0 N–H and O–H groups in total. The number of rotatable bonds is 4. The summed E-state index contributed by atoms with van der Waals surface area (Å²) < 4.78 is 0. The molecule has 0 spiro atoms. The number of halogens is 1. The van der Waals surface area contributed by atoms with E-state index in [1.807, 2.05) is 0 Å². The van der Waals surface area contributed by atoms with Crippen molar-refractivity contribution in [1.29, 1.82) is 0 Å². The minimum atomic E-state index is -0.709. The van der Waals surface area contributed by atoms with Crippen LogP contribution >= 0.6 is 23.4 Å². The first kappa shape index (κ1) is 16.5. The molecular weight excluding hydrogens is 350 g/mol. The van der Waals surface area contributed by atoms with Gasteiger partial charge in [0.1, 0.15) is 5.25 Å². The highest BCUT2D eigenvalue weighted by atomic mass is 35.5. The summed E-state index contributed by atoms with van der Waals surface area (Å²) in [6.45, 7) is 0. The first-order valence-corrected chi connectivity index (χ1v) is 8.67. The first-order chi connectivity index (χ1) is 11.5. The van der Waals surface area contributed by atoms with E-state index < -0.39 is 23.0 Å². The van der Waals surface area contributed by atoms with Gasteiger partial charge in [-0.05, 0) is 36.1 Å². The number of hydrogen-bond acceptors (Lipinski definition) is 5. The number of nitrogens with zero attached hydrogens (tertiary/aromatic N) is 1. The van der Waals surface area contributed by atoms with Crippen LogP contribution in [0.5, 0.6) is 0 Å². The van der Waals surface area contributed by atoms with E-state index in [1.165, 1.54) is 23.9 Å². The van der Waals surface area contributed by atoms with Gasteiger partial charge >= 0.3 is 5.97 Å². The lowest BCUT2D eigenvalue weighted by Crippen LogP contribution is -2.34. The molecule has 1 heterocycles. The summed E-state index contributed by atoms with van der Waals surface area (Å²) in [7, 11) is 0. The molecule has 1 aliphatic heterocycles. The Labute approximate surface area is 147 Å². The molecule has 24 heavy (non-hydrogen) atoms. The highest BCUT2D eigenvalue weighted by Gasteiger charge is 2.39. The molecular formula is C17H12ClNO4S. The van der Waals surface area contributed by atoms with Crippen molar-refractivity contribution in [2.75, 3.05) is 6.26 Å². The molecule has 0 fully saturated rings. The molecule has 2 aromatic rings. The monoisotopic (exact) mass is 361 g/mol. The minimum Gasteiger partial charge on any atom is -0.328 e. The van der Waals surface area contributed by atoms with Crippen LogP contribution < -0.4 is 0 Å². The van der Waals surface area contributed by atoms with E-state index in [1.54, 1.807) is 42.7 Å². The SMILES string of the molecule is CSC(C(=O)ON1C(=O)c2ccccc2C1=O)c1cccc(Cl)c1. The molecule has 0 aliphatic carbocycles. The van der Waals surface area contributed by atoms with E-state index in [-0.39, 0.29) is 11.1 Å². The zero-order valence-corrected chi connectivity index (χ0v) is 14.1. The molecule has 3 rings (SSSR count). The van der Waals surface area contributed by atoms with Crippen molar-refractivity contribution in [2.45, 2.75) is 5.25 Å². The zero-order chi connectivity index (χ0) is 17.3. The van der Waals surface area contributed by atoms with Gasteiger partial charge in [0.2, 0.25) is 0 Å². The number of benzene rings is 2. The lowest BCUT2D eigenvalue weighted by atomic mass is 10.1. The Kier molecular flexibility index (Phi) is 4.59. The fourth-order valence-corrected chi connectivity index (χ4v) is 3.28. The number of carbonyl (C=O) groups excluding carboxylic acids is 3. The van der Waals surface area contributed by atoms with Gasteiger partial charge in [-0.1, -0.05) is 40.9 Å². The Bertz CT molecular complexity index is 804. The van der Waals surface area contributed by atoms with Crippen molar-refractivity contribution in [1.82, 2.24) is 5.06 Å². The maximum Gasteiger partial charge on any atom is 0.350 e. The predicted molar refractivity (Wildman–Crippen MR) is 90.7 cm³/mol. The topological polar surface area (TPSA) is 63.7 Å². The molecule has 7 heteroatoms. The number of amides is 2.